The molecule has 0 radical (unpaired) electrons. The van der Waals surface area contributed by atoms with Gasteiger partial charge in [0, 0.05) is 5.57 Å². The van der Waals surface area contributed by atoms with Gasteiger partial charge in [-0.05, 0) is 18.4 Å². The molecule has 10 heteroatoms. The number of carboxylic acid groups (broad SMARTS) is 2. The number of nitrogens with zero attached hydrogens (tertiary/aromatic N) is 1. The lowest BCUT2D eigenvalue weighted by Crippen LogP contribution is -2.37. The molecule has 0 amide bonds. The fourth-order valence-corrected chi connectivity index (χ4v) is 2.14. The number of quaternary nitrogens is 1. The molecule has 0 fully saturated rings. The van der Waals surface area contributed by atoms with E-state index < -0.39 is 19.8 Å². The van der Waals surface area contributed by atoms with Gasteiger partial charge in [-0.15, -0.1) is 0 Å². The Labute approximate surface area is 155 Å². The number of carboxylic acids is 2. The van der Waals surface area contributed by atoms with Crippen LogP contribution in [-0.2, 0) is 23.2 Å². The highest BCUT2D eigenvalue weighted by Crippen LogP contribution is 2.43. The van der Waals surface area contributed by atoms with Crippen LogP contribution in [0.4, 0.5) is 0 Å². The second-order valence-corrected chi connectivity index (χ2v) is 8.33. The average molecular weight is 397 g/mol. The third-order valence-electron chi connectivity index (χ3n) is 2.91. The molecular weight excluding hydrogens is 365 g/mol. The number of aliphatic carboxylic acids is 2. The fourth-order valence-electron chi connectivity index (χ4n) is 1.39. The fraction of sp³-hybridized carbons (Fsp3) is 0.750. The van der Waals surface area contributed by atoms with Crippen LogP contribution in [-0.4, -0.2) is 67.3 Å². The van der Waals surface area contributed by atoms with Crippen LogP contribution in [0.2, 0.25) is 0 Å². The number of phosphoric acid groups is 1. The number of carbonyl (C=O) groups excluding carboxylic acids is 1. The van der Waals surface area contributed by atoms with Crippen molar-refractivity contribution in [3.05, 3.63) is 11.6 Å². The Bertz CT molecular complexity index is 511. The molecule has 0 bridgehead atoms. The Morgan fingerprint density at radius 1 is 1.19 bits per heavy atom. The SMILES string of the molecule is CC(C)/C(=C/C(=O)[O-])C(=O)O.CCCCOP(=O)(O)OCC[N+](C)(C)C. The maximum atomic E-state index is 11.3. The number of unbranched alkanes of at least 4 members (excludes halogenated alkanes) is 1. The van der Waals surface area contributed by atoms with E-state index in [0.29, 0.717) is 17.1 Å². The van der Waals surface area contributed by atoms with E-state index >= 15 is 0 Å². The molecule has 0 aliphatic heterocycles. The molecule has 154 valence electrons. The highest BCUT2D eigenvalue weighted by atomic mass is 31.2. The van der Waals surface area contributed by atoms with Crippen LogP contribution in [0.25, 0.3) is 0 Å². The van der Waals surface area contributed by atoms with E-state index in [1.807, 2.05) is 28.1 Å². The van der Waals surface area contributed by atoms with E-state index in [-0.39, 0.29) is 24.7 Å². The third-order valence-corrected chi connectivity index (χ3v) is 3.93. The Morgan fingerprint density at radius 2 is 1.69 bits per heavy atom. The average Bonchev–Trinajstić information content (AvgIpc) is 2.43. The maximum Gasteiger partial charge on any atom is 0.472 e. The molecule has 0 saturated carbocycles. The molecule has 0 aromatic rings. The van der Waals surface area contributed by atoms with Gasteiger partial charge in [0.25, 0.3) is 0 Å². The predicted molar refractivity (Wildman–Crippen MR) is 95.1 cm³/mol. The summed E-state index contributed by atoms with van der Waals surface area (Å²) in [5, 5.41) is 18.4. The zero-order chi connectivity index (χ0) is 21.0. The van der Waals surface area contributed by atoms with Gasteiger partial charge in [-0.1, -0.05) is 27.2 Å². The summed E-state index contributed by atoms with van der Waals surface area (Å²) in [5.74, 6) is -3.01. The van der Waals surface area contributed by atoms with E-state index in [1.54, 1.807) is 13.8 Å². The number of rotatable bonds is 11. The van der Waals surface area contributed by atoms with E-state index in [9.17, 15) is 24.2 Å². The number of carbonyl (C=O) groups is 2. The molecule has 0 aromatic carbocycles. The van der Waals surface area contributed by atoms with E-state index in [4.69, 9.17) is 14.2 Å². The summed E-state index contributed by atoms with van der Waals surface area (Å²) in [5.41, 5.74) is -0.148. The minimum atomic E-state index is -3.82. The molecule has 0 rings (SSSR count). The molecule has 0 heterocycles. The van der Waals surface area contributed by atoms with Crippen molar-refractivity contribution in [3.8, 4) is 0 Å². The normalized spacial score (nSPS) is 14.4. The lowest BCUT2D eigenvalue weighted by atomic mass is 10.0. The molecule has 9 nitrogen and oxygen atoms in total. The number of hydrogen-bond acceptors (Lipinski definition) is 6. The van der Waals surface area contributed by atoms with Crippen LogP contribution in [0.3, 0.4) is 0 Å². The monoisotopic (exact) mass is 397 g/mol. The van der Waals surface area contributed by atoms with Gasteiger partial charge in [-0.2, -0.15) is 0 Å². The Hall–Kier alpha value is -1.25. The molecule has 0 aliphatic carbocycles. The molecular formula is C16H32NO8P. The topological polar surface area (TPSA) is 133 Å². The first-order chi connectivity index (χ1) is 11.7. The van der Waals surface area contributed by atoms with Gasteiger partial charge in [0.15, 0.2) is 0 Å². The molecule has 0 saturated heterocycles. The molecule has 26 heavy (non-hydrogen) atoms. The van der Waals surface area contributed by atoms with Crippen molar-refractivity contribution in [1.82, 2.24) is 0 Å². The van der Waals surface area contributed by atoms with E-state index in [2.05, 4.69) is 0 Å². The van der Waals surface area contributed by atoms with E-state index in [0.717, 1.165) is 12.8 Å². The smallest absolute Gasteiger partial charge is 0.472 e. The summed E-state index contributed by atoms with van der Waals surface area (Å²) in [6.45, 7) is 6.36. The number of likely N-dealkylation sites (N-methyl/N-ethyl adjacent to an activating group) is 1. The standard InChI is InChI=1S/C9H22NO4P.C7H10O4/c1-5-6-8-13-15(11,12)14-9-7-10(2,3)4;1-4(2)5(7(10)11)3-6(8)9/h5-9H2,1-4H3;3-4H,1-2H3,(H,8,9)(H,10,11)/b;5-3-. The minimum absolute atomic E-state index is 0.148. The Morgan fingerprint density at radius 3 is 2.00 bits per heavy atom. The summed E-state index contributed by atoms with van der Waals surface area (Å²) in [7, 11) is 2.15. The summed E-state index contributed by atoms with van der Waals surface area (Å²) >= 11 is 0. The molecule has 1 atom stereocenters. The number of phosphoric ester groups is 1. The first-order valence-corrected chi connectivity index (χ1v) is 9.79. The van der Waals surface area contributed by atoms with Crippen LogP contribution in [0.1, 0.15) is 33.6 Å². The molecule has 0 aliphatic rings. The van der Waals surface area contributed by atoms with Crippen molar-refractivity contribution in [2.75, 3.05) is 40.9 Å². The van der Waals surface area contributed by atoms with E-state index in [1.165, 1.54) is 0 Å². The summed E-state index contributed by atoms with van der Waals surface area (Å²) in [6, 6.07) is 0. The molecule has 0 spiro atoms. The quantitative estimate of drug-likeness (QED) is 0.229. The van der Waals surface area contributed by atoms with Crippen molar-refractivity contribution < 1.29 is 42.8 Å². The summed E-state index contributed by atoms with van der Waals surface area (Å²) in [4.78, 5) is 29.5. The van der Waals surface area contributed by atoms with Gasteiger partial charge in [0.05, 0.1) is 33.7 Å². The van der Waals surface area contributed by atoms with Crippen LogP contribution in [0.15, 0.2) is 11.6 Å². The molecule has 1 unspecified atom stereocenters. The largest absolute Gasteiger partial charge is 0.545 e. The zero-order valence-electron chi connectivity index (χ0n) is 16.4. The van der Waals surface area contributed by atoms with Crippen molar-refractivity contribution in [2.24, 2.45) is 5.92 Å². The minimum Gasteiger partial charge on any atom is -0.545 e. The van der Waals surface area contributed by atoms with Crippen molar-refractivity contribution in [1.29, 1.82) is 0 Å². The van der Waals surface area contributed by atoms with Crippen LogP contribution in [0.5, 0.6) is 0 Å². The summed E-state index contributed by atoms with van der Waals surface area (Å²) < 4.78 is 21.6. The second kappa shape index (κ2) is 13.0. The van der Waals surface area contributed by atoms with Crippen molar-refractivity contribution in [3.63, 3.8) is 0 Å². The maximum absolute atomic E-state index is 11.3. The van der Waals surface area contributed by atoms with Gasteiger partial charge >= 0.3 is 13.8 Å². The van der Waals surface area contributed by atoms with Crippen LogP contribution < -0.4 is 5.11 Å². The van der Waals surface area contributed by atoms with Gasteiger partial charge in [-0.25, -0.2) is 9.36 Å². The highest BCUT2D eigenvalue weighted by Gasteiger charge is 2.21. The predicted octanol–water partition coefficient (Wildman–Crippen LogP) is 1.03. The van der Waals surface area contributed by atoms with Gasteiger partial charge < -0.3 is 24.4 Å². The third kappa shape index (κ3) is 17.6. The molecule has 2 N–H and O–H groups in total. The van der Waals surface area contributed by atoms with Gasteiger partial charge in [0.1, 0.15) is 13.2 Å². The van der Waals surface area contributed by atoms with Gasteiger partial charge in [0.2, 0.25) is 0 Å². The summed E-state index contributed by atoms with van der Waals surface area (Å²) in [6.07, 6.45) is 2.30. The first-order valence-electron chi connectivity index (χ1n) is 8.30. The van der Waals surface area contributed by atoms with Crippen molar-refractivity contribution >= 4 is 19.8 Å². The highest BCUT2D eigenvalue weighted by molar-refractivity contribution is 7.47. The second-order valence-electron chi connectivity index (χ2n) is 6.88. The Balaban J connectivity index is 0. The van der Waals surface area contributed by atoms with Crippen molar-refractivity contribution in [2.45, 2.75) is 33.6 Å². The lowest BCUT2D eigenvalue weighted by molar-refractivity contribution is -0.870. The zero-order valence-corrected chi connectivity index (χ0v) is 17.3. The first kappa shape index (κ1) is 27.0. The number of hydrogen-bond donors (Lipinski definition) is 2. The lowest BCUT2D eigenvalue weighted by Gasteiger charge is -2.23. The van der Waals surface area contributed by atoms with Crippen LogP contribution >= 0.6 is 7.82 Å². The van der Waals surface area contributed by atoms with Gasteiger partial charge in [-0.3, -0.25) is 9.05 Å². The molecule has 0 aromatic heterocycles. The Kier molecular flexibility index (Phi) is 13.5. The van der Waals surface area contributed by atoms with Crippen LogP contribution in [0, 0.1) is 5.92 Å².